The molecule has 0 bridgehead atoms. The molecule has 0 radical (unpaired) electrons. The van der Waals surface area contributed by atoms with E-state index in [2.05, 4.69) is 11.9 Å². The van der Waals surface area contributed by atoms with Gasteiger partial charge in [-0.15, -0.1) is 0 Å². The van der Waals surface area contributed by atoms with Crippen LogP contribution >= 0.6 is 0 Å². The maximum Gasteiger partial charge on any atom is 0.146 e. The minimum atomic E-state index is 0.579. The number of pyridine rings is 1. The third kappa shape index (κ3) is 4.67. The lowest BCUT2D eigenvalue weighted by Gasteiger charge is -2.13. The number of benzene rings is 1. The molecule has 0 unspecified atom stereocenters. The number of anilines is 1. The third-order valence-corrected chi connectivity index (χ3v) is 3.10. The second-order valence-electron chi connectivity index (χ2n) is 4.82. The Labute approximate surface area is 125 Å². The Morgan fingerprint density at radius 1 is 1.00 bits per heavy atom. The van der Waals surface area contributed by atoms with Crippen molar-refractivity contribution in [2.75, 3.05) is 18.9 Å². The molecule has 4 heteroatoms. The second-order valence-corrected chi connectivity index (χ2v) is 4.82. The molecule has 0 aliphatic rings. The predicted octanol–water partition coefficient (Wildman–Crippen LogP) is 3.46. The number of rotatable bonds is 8. The Bertz CT molecular complexity index is 544. The van der Waals surface area contributed by atoms with Crippen molar-refractivity contribution in [1.82, 2.24) is 4.98 Å². The van der Waals surface area contributed by atoms with Crippen LogP contribution in [0.5, 0.6) is 11.5 Å². The summed E-state index contributed by atoms with van der Waals surface area (Å²) in [6.45, 7) is 3.36. The molecule has 112 valence electrons. The van der Waals surface area contributed by atoms with E-state index in [0.29, 0.717) is 30.4 Å². The highest BCUT2D eigenvalue weighted by molar-refractivity contribution is 5.62. The van der Waals surface area contributed by atoms with Crippen molar-refractivity contribution in [3.05, 3.63) is 48.3 Å². The fourth-order valence-corrected chi connectivity index (χ4v) is 2.00. The molecule has 2 N–H and O–H groups in total. The van der Waals surface area contributed by atoms with Crippen LogP contribution in [0.3, 0.4) is 0 Å². The molecule has 0 saturated carbocycles. The van der Waals surface area contributed by atoms with Crippen LogP contribution in [-0.4, -0.2) is 18.2 Å². The first-order valence-corrected chi connectivity index (χ1v) is 7.34. The summed E-state index contributed by atoms with van der Waals surface area (Å²) in [4.78, 5) is 4.01. The van der Waals surface area contributed by atoms with Gasteiger partial charge in [0.1, 0.15) is 17.2 Å². The van der Waals surface area contributed by atoms with Gasteiger partial charge in [-0.1, -0.05) is 13.0 Å². The lowest BCUT2D eigenvalue weighted by molar-refractivity contribution is 0.301. The van der Waals surface area contributed by atoms with E-state index in [-0.39, 0.29) is 0 Å². The van der Waals surface area contributed by atoms with Crippen molar-refractivity contribution in [3.8, 4) is 11.5 Å². The quantitative estimate of drug-likeness (QED) is 0.596. The van der Waals surface area contributed by atoms with Crippen LogP contribution in [0, 0.1) is 0 Å². The lowest BCUT2D eigenvalue weighted by atomic mass is 10.1. The summed E-state index contributed by atoms with van der Waals surface area (Å²) < 4.78 is 11.3. The summed E-state index contributed by atoms with van der Waals surface area (Å²) in [5, 5.41) is 0. The first-order valence-electron chi connectivity index (χ1n) is 7.34. The van der Waals surface area contributed by atoms with Crippen molar-refractivity contribution < 1.29 is 9.47 Å². The van der Waals surface area contributed by atoms with Gasteiger partial charge in [-0.3, -0.25) is 4.98 Å². The average molecular weight is 286 g/mol. The predicted molar refractivity (Wildman–Crippen MR) is 84.7 cm³/mol. The Morgan fingerprint density at radius 2 is 1.67 bits per heavy atom. The summed E-state index contributed by atoms with van der Waals surface area (Å²) in [6.07, 6.45) is 6.47. The minimum absolute atomic E-state index is 0.579. The van der Waals surface area contributed by atoms with Gasteiger partial charge in [0.25, 0.3) is 0 Å². The first kappa shape index (κ1) is 15.2. The van der Waals surface area contributed by atoms with Crippen LogP contribution in [0.2, 0.25) is 0 Å². The van der Waals surface area contributed by atoms with Crippen LogP contribution in [-0.2, 0) is 6.42 Å². The van der Waals surface area contributed by atoms with E-state index < -0.39 is 0 Å². The van der Waals surface area contributed by atoms with E-state index in [9.17, 15) is 0 Å². The summed E-state index contributed by atoms with van der Waals surface area (Å²) >= 11 is 0. The van der Waals surface area contributed by atoms with Gasteiger partial charge in [0.15, 0.2) is 0 Å². The van der Waals surface area contributed by atoms with E-state index in [1.165, 1.54) is 5.56 Å². The fraction of sp³-hybridized carbons (Fsp3) is 0.353. The molecule has 1 heterocycles. The first-order chi connectivity index (χ1) is 10.3. The van der Waals surface area contributed by atoms with Crippen molar-refractivity contribution in [1.29, 1.82) is 0 Å². The van der Waals surface area contributed by atoms with Gasteiger partial charge in [0.05, 0.1) is 13.2 Å². The highest BCUT2D eigenvalue weighted by Crippen LogP contribution is 2.31. The van der Waals surface area contributed by atoms with Crippen LogP contribution in [0.15, 0.2) is 42.7 Å². The van der Waals surface area contributed by atoms with E-state index in [0.717, 1.165) is 19.3 Å². The molecular formula is C17H22N2O2. The van der Waals surface area contributed by atoms with E-state index in [1.807, 2.05) is 42.7 Å². The van der Waals surface area contributed by atoms with Gasteiger partial charge in [-0.2, -0.15) is 0 Å². The molecule has 0 aliphatic heterocycles. The van der Waals surface area contributed by atoms with Crippen LogP contribution in [0.1, 0.15) is 25.3 Å². The number of nitrogens with two attached hydrogens (primary N) is 1. The van der Waals surface area contributed by atoms with Crippen molar-refractivity contribution in [2.45, 2.75) is 26.2 Å². The maximum absolute atomic E-state index is 6.06. The molecule has 1 aromatic heterocycles. The molecule has 4 nitrogen and oxygen atoms in total. The molecule has 0 atom stereocenters. The maximum atomic E-state index is 6.06. The van der Waals surface area contributed by atoms with Crippen LogP contribution < -0.4 is 15.2 Å². The minimum Gasteiger partial charge on any atom is -0.491 e. The Hall–Kier alpha value is -2.23. The van der Waals surface area contributed by atoms with Gasteiger partial charge >= 0.3 is 0 Å². The number of hydrogen-bond acceptors (Lipinski definition) is 4. The molecule has 21 heavy (non-hydrogen) atoms. The van der Waals surface area contributed by atoms with Gasteiger partial charge in [-0.25, -0.2) is 0 Å². The normalized spacial score (nSPS) is 10.3. The smallest absolute Gasteiger partial charge is 0.146 e. The number of para-hydroxylation sites is 1. The number of aryl methyl sites for hydroxylation is 1. The topological polar surface area (TPSA) is 57.4 Å². The third-order valence-electron chi connectivity index (χ3n) is 3.10. The Balaban J connectivity index is 1.83. The molecular weight excluding hydrogens is 264 g/mol. The van der Waals surface area contributed by atoms with E-state index in [4.69, 9.17) is 15.2 Å². The molecule has 2 rings (SSSR count). The summed E-state index contributed by atoms with van der Waals surface area (Å²) in [6, 6.07) is 9.69. The van der Waals surface area contributed by atoms with Crippen molar-refractivity contribution >= 4 is 5.69 Å². The number of aromatic nitrogens is 1. The molecule has 0 fully saturated rings. The molecule has 0 aliphatic carbocycles. The van der Waals surface area contributed by atoms with Gasteiger partial charge in [0.2, 0.25) is 0 Å². The highest BCUT2D eigenvalue weighted by atomic mass is 16.5. The van der Waals surface area contributed by atoms with Crippen LogP contribution in [0.4, 0.5) is 5.69 Å². The van der Waals surface area contributed by atoms with Gasteiger partial charge in [0, 0.05) is 12.4 Å². The van der Waals surface area contributed by atoms with E-state index in [1.54, 1.807) is 0 Å². The SMILES string of the molecule is CCCOc1cccc(OCCCc2ccncc2)c1N. The van der Waals surface area contributed by atoms with E-state index >= 15 is 0 Å². The highest BCUT2D eigenvalue weighted by Gasteiger charge is 2.06. The monoisotopic (exact) mass is 286 g/mol. The number of hydrogen-bond donors (Lipinski definition) is 1. The Kier molecular flexibility index (Phi) is 5.88. The van der Waals surface area contributed by atoms with Crippen molar-refractivity contribution in [3.63, 3.8) is 0 Å². The van der Waals surface area contributed by atoms with Gasteiger partial charge < -0.3 is 15.2 Å². The largest absolute Gasteiger partial charge is 0.491 e. The average Bonchev–Trinajstić information content (AvgIpc) is 2.53. The zero-order chi connectivity index (χ0) is 14.9. The van der Waals surface area contributed by atoms with Crippen molar-refractivity contribution in [2.24, 2.45) is 0 Å². The summed E-state index contributed by atoms with van der Waals surface area (Å²) in [5.74, 6) is 1.39. The summed E-state index contributed by atoms with van der Waals surface area (Å²) in [7, 11) is 0. The second kappa shape index (κ2) is 8.15. The zero-order valence-electron chi connectivity index (χ0n) is 12.4. The lowest BCUT2D eigenvalue weighted by Crippen LogP contribution is -2.04. The molecule has 2 aromatic rings. The zero-order valence-corrected chi connectivity index (χ0v) is 12.4. The number of ether oxygens (including phenoxy) is 2. The molecule has 0 saturated heterocycles. The molecule has 1 aromatic carbocycles. The molecule has 0 amide bonds. The number of nitrogens with zero attached hydrogens (tertiary/aromatic N) is 1. The fourth-order valence-electron chi connectivity index (χ4n) is 2.00. The van der Waals surface area contributed by atoms with Crippen LogP contribution in [0.25, 0.3) is 0 Å². The number of nitrogen functional groups attached to an aromatic ring is 1. The van der Waals surface area contributed by atoms with Gasteiger partial charge in [-0.05, 0) is 49.1 Å². The summed E-state index contributed by atoms with van der Waals surface area (Å²) in [5.41, 5.74) is 7.90. The standard InChI is InChI=1S/C17H22N2O2/c1-2-12-20-15-6-3-7-16(17(15)18)21-13-4-5-14-8-10-19-11-9-14/h3,6-11H,2,4-5,12-13,18H2,1H3. The Morgan fingerprint density at radius 3 is 2.33 bits per heavy atom. The molecule has 0 spiro atoms.